The molecule has 98 valence electrons. The first kappa shape index (κ1) is 13.6. The Balaban J connectivity index is 2.41. The molecule has 2 rings (SSSR count). The lowest BCUT2D eigenvalue weighted by molar-refractivity contribution is 0.103. The second-order valence-corrected chi connectivity index (χ2v) is 5.11. The number of carbonyl (C=O) groups excluding carboxylic acids is 1. The van der Waals surface area contributed by atoms with Crippen LogP contribution in [0.3, 0.4) is 0 Å². The van der Waals surface area contributed by atoms with Crippen LogP contribution in [0.1, 0.15) is 21.5 Å². The number of hydrogen-bond donors (Lipinski definition) is 1. The van der Waals surface area contributed by atoms with Gasteiger partial charge >= 0.3 is 0 Å². The van der Waals surface area contributed by atoms with Gasteiger partial charge in [-0.05, 0) is 64.8 Å². The molecule has 19 heavy (non-hydrogen) atoms. The topological polar surface area (TPSA) is 52.3 Å². The van der Waals surface area contributed by atoms with Gasteiger partial charge in [-0.1, -0.05) is 0 Å². The number of halogens is 1. The summed E-state index contributed by atoms with van der Waals surface area (Å²) in [4.78, 5) is 12.4. The third-order valence-electron chi connectivity index (χ3n) is 2.91. The summed E-state index contributed by atoms with van der Waals surface area (Å²) >= 11 is 3.38. The average molecular weight is 320 g/mol. The lowest BCUT2D eigenvalue weighted by Gasteiger charge is -2.08. The van der Waals surface area contributed by atoms with Crippen molar-refractivity contribution in [2.45, 2.75) is 6.92 Å². The fourth-order valence-corrected chi connectivity index (χ4v) is 2.45. The summed E-state index contributed by atoms with van der Waals surface area (Å²) in [5, 5.41) is 0. The fourth-order valence-electron chi connectivity index (χ4n) is 1.90. The Morgan fingerprint density at radius 3 is 2.53 bits per heavy atom. The molecule has 0 amide bonds. The Morgan fingerprint density at radius 2 is 1.95 bits per heavy atom. The van der Waals surface area contributed by atoms with E-state index in [-0.39, 0.29) is 5.78 Å². The van der Waals surface area contributed by atoms with Crippen LogP contribution in [0.2, 0.25) is 0 Å². The highest BCUT2D eigenvalue weighted by Crippen LogP contribution is 2.27. The van der Waals surface area contributed by atoms with Crippen molar-refractivity contribution in [2.75, 3.05) is 12.8 Å². The van der Waals surface area contributed by atoms with Crippen LogP contribution in [0.4, 0.5) is 5.69 Å². The van der Waals surface area contributed by atoms with Crippen molar-refractivity contribution in [1.82, 2.24) is 0 Å². The van der Waals surface area contributed by atoms with E-state index in [1.807, 2.05) is 6.92 Å². The fraction of sp³-hybridized carbons (Fsp3) is 0.133. The molecule has 0 saturated carbocycles. The summed E-state index contributed by atoms with van der Waals surface area (Å²) < 4.78 is 5.91. The van der Waals surface area contributed by atoms with Gasteiger partial charge < -0.3 is 10.5 Å². The number of ether oxygens (including phenoxy) is 1. The van der Waals surface area contributed by atoms with Gasteiger partial charge in [0.25, 0.3) is 0 Å². The van der Waals surface area contributed by atoms with Gasteiger partial charge in [-0.15, -0.1) is 0 Å². The van der Waals surface area contributed by atoms with Gasteiger partial charge in [-0.25, -0.2) is 0 Å². The molecule has 0 spiro atoms. The van der Waals surface area contributed by atoms with Crippen LogP contribution in [-0.4, -0.2) is 12.9 Å². The van der Waals surface area contributed by atoms with Gasteiger partial charge in [0.1, 0.15) is 5.75 Å². The SMILES string of the molecule is COc1ccc(C(=O)c2ccc(N)cc2C)cc1Br. The number of carbonyl (C=O) groups is 1. The Morgan fingerprint density at radius 1 is 1.21 bits per heavy atom. The first-order chi connectivity index (χ1) is 9.02. The number of nitrogen functional groups attached to an aromatic ring is 1. The van der Waals surface area contributed by atoms with Crippen molar-refractivity contribution in [3.8, 4) is 5.75 Å². The number of hydrogen-bond acceptors (Lipinski definition) is 3. The van der Waals surface area contributed by atoms with Crippen LogP contribution in [0.5, 0.6) is 5.75 Å². The van der Waals surface area contributed by atoms with Crippen LogP contribution in [0.15, 0.2) is 40.9 Å². The molecule has 0 fully saturated rings. The molecule has 0 saturated heterocycles. The van der Waals surface area contributed by atoms with E-state index >= 15 is 0 Å². The zero-order chi connectivity index (χ0) is 14.0. The molecule has 2 aromatic rings. The van der Waals surface area contributed by atoms with Crippen LogP contribution < -0.4 is 10.5 Å². The highest BCUT2D eigenvalue weighted by Gasteiger charge is 2.13. The summed E-state index contributed by atoms with van der Waals surface area (Å²) in [5.41, 5.74) is 8.49. The van der Waals surface area contributed by atoms with Gasteiger partial charge in [-0.2, -0.15) is 0 Å². The van der Waals surface area contributed by atoms with Gasteiger partial charge in [0, 0.05) is 16.8 Å². The molecular weight excluding hydrogens is 306 g/mol. The largest absolute Gasteiger partial charge is 0.496 e. The third-order valence-corrected chi connectivity index (χ3v) is 3.53. The molecule has 0 heterocycles. The van der Waals surface area contributed by atoms with E-state index in [2.05, 4.69) is 15.9 Å². The van der Waals surface area contributed by atoms with Gasteiger partial charge in [-0.3, -0.25) is 4.79 Å². The van der Waals surface area contributed by atoms with E-state index in [0.29, 0.717) is 22.6 Å². The van der Waals surface area contributed by atoms with Crippen molar-refractivity contribution in [1.29, 1.82) is 0 Å². The average Bonchev–Trinajstić information content (AvgIpc) is 2.38. The summed E-state index contributed by atoms with van der Waals surface area (Å²) in [7, 11) is 1.59. The summed E-state index contributed by atoms with van der Waals surface area (Å²) in [6.07, 6.45) is 0. The predicted molar refractivity (Wildman–Crippen MR) is 79.7 cm³/mol. The van der Waals surface area contributed by atoms with Crippen molar-refractivity contribution in [2.24, 2.45) is 0 Å². The van der Waals surface area contributed by atoms with Crippen molar-refractivity contribution >= 4 is 27.4 Å². The first-order valence-corrected chi connectivity index (χ1v) is 6.56. The predicted octanol–water partition coefficient (Wildman–Crippen LogP) is 3.58. The van der Waals surface area contributed by atoms with Crippen LogP contribution in [0.25, 0.3) is 0 Å². The van der Waals surface area contributed by atoms with Gasteiger partial charge in [0.2, 0.25) is 0 Å². The number of methoxy groups -OCH3 is 1. The maximum Gasteiger partial charge on any atom is 0.193 e. The maximum absolute atomic E-state index is 12.4. The molecule has 0 aromatic heterocycles. The number of nitrogens with two attached hydrogens (primary N) is 1. The van der Waals surface area contributed by atoms with Crippen LogP contribution >= 0.6 is 15.9 Å². The first-order valence-electron chi connectivity index (χ1n) is 5.77. The molecule has 0 unspecified atom stereocenters. The maximum atomic E-state index is 12.4. The highest BCUT2D eigenvalue weighted by atomic mass is 79.9. The molecule has 0 aliphatic heterocycles. The summed E-state index contributed by atoms with van der Waals surface area (Å²) in [5.74, 6) is 0.673. The molecule has 2 N–H and O–H groups in total. The highest BCUT2D eigenvalue weighted by molar-refractivity contribution is 9.10. The van der Waals surface area contributed by atoms with Crippen LogP contribution in [0, 0.1) is 6.92 Å². The van der Waals surface area contributed by atoms with E-state index in [1.165, 1.54) is 0 Å². The van der Waals surface area contributed by atoms with E-state index in [4.69, 9.17) is 10.5 Å². The lowest BCUT2D eigenvalue weighted by atomic mass is 9.98. The number of aryl methyl sites for hydroxylation is 1. The summed E-state index contributed by atoms with van der Waals surface area (Å²) in [6.45, 7) is 1.88. The Labute approximate surface area is 120 Å². The van der Waals surface area contributed by atoms with Crippen molar-refractivity contribution in [3.63, 3.8) is 0 Å². The van der Waals surface area contributed by atoms with Crippen molar-refractivity contribution < 1.29 is 9.53 Å². The van der Waals surface area contributed by atoms with Crippen molar-refractivity contribution in [3.05, 3.63) is 57.6 Å². The monoisotopic (exact) mass is 319 g/mol. The lowest BCUT2D eigenvalue weighted by Crippen LogP contribution is -2.04. The van der Waals surface area contributed by atoms with E-state index in [9.17, 15) is 4.79 Å². The van der Waals surface area contributed by atoms with E-state index < -0.39 is 0 Å². The number of anilines is 1. The van der Waals surface area contributed by atoms with Gasteiger partial charge in [0.15, 0.2) is 5.78 Å². The molecule has 0 bridgehead atoms. The number of benzene rings is 2. The smallest absolute Gasteiger partial charge is 0.193 e. The van der Waals surface area contributed by atoms with Crippen LogP contribution in [-0.2, 0) is 0 Å². The van der Waals surface area contributed by atoms with E-state index in [0.717, 1.165) is 10.0 Å². The molecule has 0 aliphatic rings. The summed E-state index contributed by atoms with van der Waals surface area (Å²) in [6, 6.07) is 10.6. The zero-order valence-corrected chi connectivity index (χ0v) is 12.3. The molecule has 3 nitrogen and oxygen atoms in total. The van der Waals surface area contributed by atoms with E-state index in [1.54, 1.807) is 43.5 Å². The quantitative estimate of drug-likeness (QED) is 0.695. The number of ketones is 1. The minimum absolute atomic E-state index is 0.0270. The second-order valence-electron chi connectivity index (χ2n) is 4.25. The standard InChI is InChI=1S/C15H14BrNO2/c1-9-7-11(17)4-5-12(9)15(18)10-3-6-14(19-2)13(16)8-10/h3-8H,17H2,1-2H3. The normalized spacial score (nSPS) is 10.3. The molecular formula is C15H14BrNO2. The minimum atomic E-state index is -0.0270. The minimum Gasteiger partial charge on any atom is -0.496 e. The molecule has 0 radical (unpaired) electrons. The Kier molecular flexibility index (Phi) is 3.90. The zero-order valence-electron chi connectivity index (χ0n) is 10.7. The molecule has 0 aliphatic carbocycles. The Bertz CT molecular complexity index is 638. The number of rotatable bonds is 3. The molecule has 0 atom stereocenters. The molecule has 2 aromatic carbocycles. The van der Waals surface area contributed by atoms with Gasteiger partial charge in [0.05, 0.1) is 11.6 Å². The third kappa shape index (κ3) is 2.79. The molecule has 4 heteroatoms. The second kappa shape index (κ2) is 5.45. The Hall–Kier alpha value is -1.81.